The molecule has 9 nitrogen and oxygen atoms in total. The molecule has 48 heavy (non-hydrogen) atoms. The minimum Gasteiger partial charge on any atom is -0.477 e. The van der Waals surface area contributed by atoms with Crippen LogP contribution in [0.25, 0.3) is 32.9 Å². The van der Waals surface area contributed by atoms with Gasteiger partial charge in [0.15, 0.2) is 12.6 Å². The monoisotopic (exact) mass is 659 g/mol. The van der Waals surface area contributed by atoms with Crippen LogP contribution in [0.1, 0.15) is 50.5 Å². The van der Waals surface area contributed by atoms with Crippen LogP contribution in [0.2, 0.25) is 0 Å². The lowest BCUT2D eigenvalue weighted by Gasteiger charge is -2.39. The topological polar surface area (TPSA) is 82.1 Å². The van der Waals surface area contributed by atoms with Gasteiger partial charge in [0.25, 0.3) is 0 Å². The molecule has 1 aliphatic carbocycles. The van der Waals surface area contributed by atoms with Gasteiger partial charge in [-0.05, 0) is 68.7 Å². The highest BCUT2D eigenvalue weighted by molar-refractivity contribution is 6.04. The maximum absolute atomic E-state index is 17.2. The maximum atomic E-state index is 17.2. The third-order valence-corrected chi connectivity index (χ3v) is 10.3. The predicted molar refractivity (Wildman–Crippen MR) is 174 cm³/mol. The lowest BCUT2D eigenvalue weighted by molar-refractivity contribution is 0.0512. The van der Waals surface area contributed by atoms with E-state index in [1.54, 1.807) is 18.2 Å². The number of anilines is 1. The first-order valence-corrected chi connectivity index (χ1v) is 16.6. The second-order valence-corrected chi connectivity index (χ2v) is 13.2. The largest absolute Gasteiger partial charge is 0.477 e. The van der Waals surface area contributed by atoms with E-state index in [0.29, 0.717) is 60.3 Å². The van der Waals surface area contributed by atoms with E-state index in [9.17, 15) is 4.39 Å². The number of hydrogen-bond donors (Lipinski definition) is 0. The van der Waals surface area contributed by atoms with E-state index < -0.39 is 23.3 Å². The van der Waals surface area contributed by atoms with Crippen molar-refractivity contribution in [3.05, 3.63) is 41.5 Å². The fraction of sp³-hybridized carbons (Fsp3) is 0.472. The number of pyridine rings is 1. The third-order valence-electron chi connectivity index (χ3n) is 10.3. The Morgan fingerprint density at radius 2 is 1.94 bits per heavy atom. The van der Waals surface area contributed by atoms with Crippen LogP contribution in [-0.4, -0.2) is 84.4 Å². The Labute approximate surface area is 276 Å². The zero-order valence-electron chi connectivity index (χ0n) is 26.7. The summed E-state index contributed by atoms with van der Waals surface area (Å²) in [6, 6.07) is 6.32. The molecule has 2 saturated heterocycles. The molecule has 2 aromatic heterocycles. The van der Waals surface area contributed by atoms with E-state index in [1.165, 1.54) is 13.2 Å². The average molecular weight is 660 g/mol. The molecule has 4 aliphatic rings. The molecular formula is C36H36F3N5O4. The number of hydrogen-bond acceptors (Lipinski definition) is 9. The van der Waals surface area contributed by atoms with Gasteiger partial charge in [0.2, 0.25) is 5.88 Å². The molecule has 2 atom stereocenters. The van der Waals surface area contributed by atoms with Gasteiger partial charge in [0.1, 0.15) is 46.8 Å². The molecule has 0 N–H and O–H groups in total. The lowest BCUT2D eigenvalue weighted by atomic mass is 9.91. The van der Waals surface area contributed by atoms with Gasteiger partial charge in [0, 0.05) is 43.6 Å². The van der Waals surface area contributed by atoms with Gasteiger partial charge in [-0.3, -0.25) is 4.90 Å². The summed E-state index contributed by atoms with van der Waals surface area (Å²) in [7, 11) is 1.49. The summed E-state index contributed by atoms with van der Waals surface area (Å²) in [5, 5.41) is 1.18. The molecule has 5 heterocycles. The van der Waals surface area contributed by atoms with E-state index in [1.807, 2.05) is 0 Å². The Hall–Kier alpha value is -4.34. The number of rotatable bonds is 8. The number of halogens is 3. The van der Waals surface area contributed by atoms with Crippen molar-refractivity contribution in [2.75, 3.05) is 51.7 Å². The van der Waals surface area contributed by atoms with Crippen LogP contribution in [0.15, 0.2) is 24.3 Å². The molecule has 8 rings (SSSR count). The van der Waals surface area contributed by atoms with Crippen LogP contribution >= 0.6 is 0 Å². The van der Waals surface area contributed by atoms with E-state index in [0.717, 1.165) is 38.6 Å². The Balaban J connectivity index is 1.34. The van der Waals surface area contributed by atoms with Gasteiger partial charge in [-0.2, -0.15) is 9.97 Å². The van der Waals surface area contributed by atoms with Gasteiger partial charge < -0.3 is 23.8 Å². The summed E-state index contributed by atoms with van der Waals surface area (Å²) in [5.41, 5.74) is -0.421. The molecule has 12 heteroatoms. The van der Waals surface area contributed by atoms with Crippen LogP contribution < -0.4 is 19.1 Å². The minimum atomic E-state index is -0.920. The Kier molecular flexibility index (Phi) is 7.92. The van der Waals surface area contributed by atoms with Crippen molar-refractivity contribution in [1.82, 2.24) is 19.9 Å². The SMILES string of the molecule is C#Cc1c(F)ccc2cc(OCOC)cc(-c3nc4c5c(nc(OC[C@@]67CCCN6C[C@H](F)C7)nc5c3F)N(C3CCC3)CCCO4)c12. The molecule has 0 unspecified atom stereocenters. The van der Waals surface area contributed by atoms with Gasteiger partial charge in [-0.1, -0.05) is 12.0 Å². The van der Waals surface area contributed by atoms with Crippen LogP contribution in [-0.2, 0) is 4.74 Å². The average Bonchev–Trinajstić information content (AvgIpc) is 3.58. The number of fused-ring (bicyclic) bond motifs is 2. The number of nitrogens with zero attached hydrogens (tertiary/aromatic N) is 5. The van der Waals surface area contributed by atoms with E-state index in [2.05, 4.69) is 20.7 Å². The molecule has 4 aromatic rings. The second-order valence-electron chi connectivity index (χ2n) is 13.2. The van der Waals surface area contributed by atoms with Crippen LogP contribution in [0, 0.1) is 24.0 Å². The fourth-order valence-electron chi connectivity index (χ4n) is 7.82. The Bertz CT molecular complexity index is 1950. The zero-order valence-corrected chi connectivity index (χ0v) is 26.7. The van der Waals surface area contributed by atoms with E-state index >= 15 is 8.78 Å². The first kappa shape index (κ1) is 31.0. The number of methoxy groups -OCH3 is 1. The summed E-state index contributed by atoms with van der Waals surface area (Å²) in [4.78, 5) is 18.6. The standard InChI is InChI=1S/C36H36F3N5O4/c1-3-25-27(38)10-9-21-15-24(48-20-45-2)16-26(28(21)25)31-30(39)32-29-33(44(23-7-4-8-23)13-6-14-46-34(29)40-31)42-35(41-32)47-19-36-11-5-12-43(36)18-22(37)17-36/h1,9-10,15-16,22-23H,4-8,11-14,17-20H2,2H3/t22-,36+/m1/s1. The normalized spacial score (nSPS) is 22.6. The van der Waals surface area contributed by atoms with Crippen molar-refractivity contribution >= 4 is 27.5 Å². The van der Waals surface area contributed by atoms with Crippen LogP contribution in [0.3, 0.4) is 0 Å². The number of terminal acetylenes is 1. The highest BCUT2D eigenvalue weighted by Gasteiger charge is 2.49. The second kappa shape index (κ2) is 12.3. The van der Waals surface area contributed by atoms with Crippen molar-refractivity contribution in [1.29, 1.82) is 0 Å². The van der Waals surface area contributed by atoms with Crippen molar-refractivity contribution in [3.63, 3.8) is 0 Å². The maximum Gasteiger partial charge on any atom is 0.319 e. The Morgan fingerprint density at radius 1 is 1.06 bits per heavy atom. The summed E-state index contributed by atoms with van der Waals surface area (Å²) < 4.78 is 70.2. The molecule has 3 fully saturated rings. The number of benzene rings is 2. The van der Waals surface area contributed by atoms with Crippen LogP contribution in [0.4, 0.5) is 19.0 Å². The molecule has 0 amide bonds. The predicted octanol–water partition coefficient (Wildman–Crippen LogP) is 6.18. The first-order chi connectivity index (χ1) is 23.4. The fourth-order valence-corrected chi connectivity index (χ4v) is 7.82. The minimum absolute atomic E-state index is 0.00493. The summed E-state index contributed by atoms with van der Waals surface area (Å²) >= 11 is 0. The smallest absolute Gasteiger partial charge is 0.319 e. The van der Waals surface area contributed by atoms with Crippen LogP contribution in [0.5, 0.6) is 17.6 Å². The van der Waals surface area contributed by atoms with Crippen molar-refractivity contribution in [3.8, 4) is 41.2 Å². The summed E-state index contributed by atoms with van der Waals surface area (Å²) in [6.45, 7) is 2.34. The van der Waals surface area contributed by atoms with E-state index in [4.69, 9.17) is 35.3 Å². The summed E-state index contributed by atoms with van der Waals surface area (Å²) in [5.74, 6) is 2.07. The lowest BCUT2D eigenvalue weighted by Crippen LogP contribution is -2.44. The van der Waals surface area contributed by atoms with Gasteiger partial charge in [-0.15, -0.1) is 6.42 Å². The van der Waals surface area contributed by atoms with Gasteiger partial charge >= 0.3 is 6.01 Å². The van der Waals surface area contributed by atoms with Crippen molar-refractivity contribution in [2.24, 2.45) is 0 Å². The number of ether oxygens (including phenoxy) is 4. The highest BCUT2D eigenvalue weighted by Crippen LogP contribution is 2.45. The quantitative estimate of drug-likeness (QED) is 0.163. The summed E-state index contributed by atoms with van der Waals surface area (Å²) in [6.07, 6.45) is 10.8. The molecule has 2 aromatic carbocycles. The van der Waals surface area contributed by atoms with Crippen molar-refractivity contribution in [2.45, 2.75) is 62.7 Å². The third kappa shape index (κ3) is 5.15. The molecule has 0 radical (unpaired) electrons. The zero-order chi connectivity index (χ0) is 33.0. The molecule has 3 aliphatic heterocycles. The molecule has 250 valence electrons. The molecular weight excluding hydrogens is 623 g/mol. The van der Waals surface area contributed by atoms with Gasteiger partial charge in [-0.25, -0.2) is 18.2 Å². The molecule has 1 saturated carbocycles. The first-order valence-electron chi connectivity index (χ1n) is 16.6. The van der Waals surface area contributed by atoms with Crippen molar-refractivity contribution < 1.29 is 32.1 Å². The Morgan fingerprint density at radius 3 is 2.73 bits per heavy atom. The van der Waals surface area contributed by atoms with E-state index in [-0.39, 0.29) is 53.7 Å². The molecule has 0 bridgehead atoms. The van der Waals surface area contributed by atoms with Gasteiger partial charge in [0.05, 0.1) is 17.7 Å². The number of aromatic nitrogens is 3. The highest BCUT2D eigenvalue weighted by atomic mass is 19.1. The number of alkyl halides is 1. The molecule has 0 spiro atoms.